The molecule has 4 heteroatoms. The van der Waals surface area contributed by atoms with E-state index in [0.717, 1.165) is 24.8 Å². The first-order valence-electron chi connectivity index (χ1n) is 6.91. The fourth-order valence-electron chi connectivity index (χ4n) is 2.36. The van der Waals surface area contributed by atoms with Crippen molar-refractivity contribution in [3.63, 3.8) is 0 Å². The summed E-state index contributed by atoms with van der Waals surface area (Å²) in [7, 11) is 0. The molecule has 0 aromatic carbocycles. The topological polar surface area (TPSA) is 52.9 Å². The Kier molecular flexibility index (Phi) is 5.14. The Balaban J connectivity index is 2.20. The normalized spacial score (nSPS) is 15.0. The van der Waals surface area contributed by atoms with Crippen molar-refractivity contribution in [3.8, 4) is 6.07 Å². The van der Waals surface area contributed by atoms with Crippen molar-refractivity contribution in [3.05, 3.63) is 40.3 Å². The van der Waals surface area contributed by atoms with Gasteiger partial charge in [-0.1, -0.05) is 24.6 Å². The van der Waals surface area contributed by atoms with E-state index >= 15 is 0 Å². The van der Waals surface area contributed by atoms with Crippen LogP contribution in [0.25, 0.3) is 0 Å². The molecule has 0 saturated carbocycles. The van der Waals surface area contributed by atoms with Gasteiger partial charge in [-0.3, -0.25) is 4.79 Å². The maximum atomic E-state index is 11.8. The van der Waals surface area contributed by atoms with E-state index < -0.39 is 0 Å². The second-order valence-corrected chi connectivity index (χ2v) is 5.86. The molecule has 2 rings (SSSR count). The van der Waals surface area contributed by atoms with Crippen LogP contribution in [-0.2, 0) is 17.6 Å². The number of carbonyl (C=O) groups is 1. The molecule has 0 fully saturated rings. The average molecular weight is 286 g/mol. The van der Waals surface area contributed by atoms with Crippen molar-refractivity contribution < 1.29 is 4.79 Å². The van der Waals surface area contributed by atoms with Crippen molar-refractivity contribution >= 4 is 22.2 Å². The molecule has 20 heavy (non-hydrogen) atoms. The fraction of sp³-hybridized carbons (Fsp3) is 0.375. The molecule has 0 bridgehead atoms. The number of allylic oxidation sites excluding steroid dienone is 3. The Labute approximate surface area is 123 Å². The van der Waals surface area contributed by atoms with Crippen LogP contribution in [0.1, 0.15) is 42.2 Å². The molecule has 1 N–H and O–H groups in total. The Hall–Kier alpha value is -1.86. The lowest BCUT2D eigenvalue weighted by Crippen LogP contribution is -2.07. The van der Waals surface area contributed by atoms with Gasteiger partial charge >= 0.3 is 0 Å². The number of aryl methyl sites for hydroxylation is 1. The van der Waals surface area contributed by atoms with Gasteiger partial charge in [0.15, 0.2) is 0 Å². The van der Waals surface area contributed by atoms with E-state index in [1.807, 2.05) is 13.0 Å². The highest BCUT2D eigenvalue weighted by Crippen LogP contribution is 2.36. The number of carbonyl (C=O) groups excluding carboxylic acids is 1. The molecular weight excluding hydrogens is 268 g/mol. The minimum absolute atomic E-state index is 0.184. The zero-order valence-electron chi connectivity index (χ0n) is 11.6. The lowest BCUT2D eigenvalue weighted by molar-refractivity contribution is -0.111. The van der Waals surface area contributed by atoms with Crippen molar-refractivity contribution in [2.45, 2.75) is 39.0 Å². The average Bonchev–Trinajstić information content (AvgIpc) is 2.60. The van der Waals surface area contributed by atoms with Gasteiger partial charge in [-0.25, -0.2) is 0 Å². The lowest BCUT2D eigenvalue weighted by Gasteiger charge is -2.00. The largest absolute Gasteiger partial charge is 0.313 e. The summed E-state index contributed by atoms with van der Waals surface area (Å²) >= 11 is 1.56. The van der Waals surface area contributed by atoms with Gasteiger partial charge in [0.25, 0.3) is 0 Å². The number of fused-ring (bicyclic) bond motifs is 1. The van der Waals surface area contributed by atoms with Crippen LogP contribution in [0.2, 0.25) is 0 Å². The zero-order valence-corrected chi connectivity index (χ0v) is 12.4. The second-order valence-electron chi connectivity index (χ2n) is 4.75. The number of nitrogens with one attached hydrogen (secondary N) is 1. The first-order valence-corrected chi connectivity index (χ1v) is 7.73. The van der Waals surface area contributed by atoms with E-state index in [0.29, 0.717) is 10.6 Å². The molecule has 0 unspecified atom stereocenters. The molecule has 0 aliphatic heterocycles. The van der Waals surface area contributed by atoms with Crippen LogP contribution in [-0.4, -0.2) is 5.91 Å². The summed E-state index contributed by atoms with van der Waals surface area (Å²) in [4.78, 5) is 13.1. The highest BCUT2D eigenvalue weighted by atomic mass is 32.1. The van der Waals surface area contributed by atoms with Crippen LogP contribution in [0.3, 0.4) is 0 Å². The van der Waals surface area contributed by atoms with Crippen LogP contribution in [0.4, 0.5) is 5.00 Å². The van der Waals surface area contributed by atoms with Crippen LogP contribution in [0.5, 0.6) is 0 Å². The Bertz CT molecular complexity index is 590. The van der Waals surface area contributed by atoms with Gasteiger partial charge in [0.05, 0.1) is 5.56 Å². The molecule has 1 aliphatic rings. The maximum Gasteiger partial charge on any atom is 0.248 e. The van der Waals surface area contributed by atoms with Gasteiger partial charge in [0, 0.05) is 11.0 Å². The Morgan fingerprint density at radius 2 is 2.10 bits per heavy atom. The minimum atomic E-state index is -0.184. The van der Waals surface area contributed by atoms with Gasteiger partial charge in [0.1, 0.15) is 11.1 Å². The number of thiophene rings is 1. The van der Waals surface area contributed by atoms with E-state index in [1.54, 1.807) is 23.5 Å². The first kappa shape index (κ1) is 14.5. The molecule has 1 aromatic heterocycles. The van der Waals surface area contributed by atoms with Crippen molar-refractivity contribution in [1.82, 2.24) is 0 Å². The third-order valence-electron chi connectivity index (χ3n) is 3.32. The smallest absolute Gasteiger partial charge is 0.248 e. The van der Waals surface area contributed by atoms with E-state index in [9.17, 15) is 10.1 Å². The standard InChI is InChI=1S/C16H18N2OS/c1-2-3-5-10-15(19)18-16-13(11-17)12-8-6-4-7-9-14(12)20-16/h2-3,5,10H,4,6-9H2,1H3,(H,18,19)/b3-2+,10-5+. The van der Waals surface area contributed by atoms with Gasteiger partial charge in [-0.05, 0) is 38.2 Å². The second kappa shape index (κ2) is 7.06. The molecule has 1 heterocycles. The van der Waals surface area contributed by atoms with Crippen molar-refractivity contribution in [2.24, 2.45) is 0 Å². The van der Waals surface area contributed by atoms with E-state index in [-0.39, 0.29) is 5.91 Å². The minimum Gasteiger partial charge on any atom is -0.313 e. The van der Waals surface area contributed by atoms with Crippen molar-refractivity contribution in [2.75, 3.05) is 5.32 Å². The molecule has 1 aromatic rings. The third-order valence-corrected chi connectivity index (χ3v) is 4.53. The molecule has 1 amide bonds. The SMILES string of the molecule is C/C=C/C=C/C(=O)Nc1sc2c(c1C#N)CCCCC2. The Morgan fingerprint density at radius 1 is 1.30 bits per heavy atom. The van der Waals surface area contributed by atoms with Crippen LogP contribution in [0, 0.1) is 11.3 Å². The summed E-state index contributed by atoms with van der Waals surface area (Å²) in [5.41, 5.74) is 1.82. The summed E-state index contributed by atoms with van der Waals surface area (Å²) < 4.78 is 0. The number of hydrogen-bond donors (Lipinski definition) is 1. The molecule has 0 spiro atoms. The third kappa shape index (κ3) is 3.37. The summed E-state index contributed by atoms with van der Waals surface area (Å²) in [6, 6.07) is 2.26. The quantitative estimate of drug-likeness (QED) is 0.519. The molecule has 1 aliphatic carbocycles. The van der Waals surface area contributed by atoms with Gasteiger partial charge in [0.2, 0.25) is 5.91 Å². The number of nitrogens with zero attached hydrogens (tertiary/aromatic N) is 1. The van der Waals surface area contributed by atoms with Crippen LogP contribution in [0.15, 0.2) is 24.3 Å². The zero-order chi connectivity index (χ0) is 14.4. The molecule has 0 atom stereocenters. The molecular formula is C16H18N2OS. The van der Waals surface area contributed by atoms with Crippen LogP contribution >= 0.6 is 11.3 Å². The number of nitriles is 1. The molecule has 104 valence electrons. The summed E-state index contributed by atoms with van der Waals surface area (Å²) in [6.07, 6.45) is 12.3. The van der Waals surface area contributed by atoms with Gasteiger partial charge in [-0.2, -0.15) is 5.26 Å². The molecule has 0 saturated heterocycles. The first-order chi connectivity index (χ1) is 9.76. The summed E-state index contributed by atoms with van der Waals surface area (Å²) in [5, 5.41) is 12.9. The number of hydrogen-bond acceptors (Lipinski definition) is 3. The van der Waals surface area contributed by atoms with E-state index in [2.05, 4.69) is 11.4 Å². The molecule has 0 radical (unpaired) electrons. The Morgan fingerprint density at radius 3 is 2.85 bits per heavy atom. The van der Waals surface area contributed by atoms with E-state index in [4.69, 9.17) is 0 Å². The summed E-state index contributed by atoms with van der Waals surface area (Å²) in [5.74, 6) is -0.184. The maximum absolute atomic E-state index is 11.8. The lowest BCUT2D eigenvalue weighted by atomic mass is 10.1. The number of rotatable bonds is 3. The predicted molar refractivity (Wildman–Crippen MR) is 82.9 cm³/mol. The number of amides is 1. The monoisotopic (exact) mass is 286 g/mol. The van der Waals surface area contributed by atoms with Crippen molar-refractivity contribution in [1.29, 1.82) is 5.26 Å². The molecule has 3 nitrogen and oxygen atoms in total. The fourth-order valence-corrected chi connectivity index (χ4v) is 3.60. The highest BCUT2D eigenvalue weighted by Gasteiger charge is 2.20. The van der Waals surface area contributed by atoms with Crippen LogP contribution < -0.4 is 5.32 Å². The van der Waals surface area contributed by atoms with Gasteiger partial charge < -0.3 is 5.32 Å². The van der Waals surface area contributed by atoms with E-state index in [1.165, 1.54) is 23.8 Å². The highest BCUT2D eigenvalue weighted by molar-refractivity contribution is 7.16. The van der Waals surface area contributed by atoms with Gasteiger partial charge in [-0.15, -0.1) is 11.3 Å². The predicted octanol–water partition coefficient (Wildman–Crippen LogP) is 3.96. The summed E-state index contributed by atoms with van der Waals surface area (Å²) in [6.45, 7) is 1.90. The number of anilines is 1.